The van der Waals surface area contributed by atoms with E-state index in [-0.39, 0.29) is 6.04 Å². The van der Waals surface area contributed by atoms with Crippen molar-refractivity contribution in [3.8, 4) is 5.75 Å². The molecule has 1 aromatic carbocycles. The summed E-state index contributed by atoms with van der Waals surface area (Å²) in [6.07, 6.45) is 0. The van der Waals surface area contributed by atoms with E-state index in [1.165, 1.54) is 22.3 Å². The van der Waals surface area contributed by atoms with Gasteiger partial charge in [-0.05, 0) is 53.9 Å². The summed E-state index contributed by atoms with van der Waals surface area (Å²) in [5, 5.41) is 7.86. The number of aryl methyl sites for hydroxylation is 1. The topological polar surface area (TPSA) is 21.3 Å². The number of thiophene rings is 1. The van der Waals surface area contributed by atoms with Gasteiger partial charge in [0.25, 0.3) is 0 Å². The van der Waals surface area contributed by atoms with Gasteiger partial charge in [0, 0.05) is 5.56 Å². The summed E-state index contributed by atoms with van der Waals surface area (Å²) in [6.45, 7) is 7.30. The Hall–Kier alpha value is -1.32. The van der Waals surface area contributed by atoms with E-state index >= 15 is 0 Å². The Kier molecular flexibility index (Phi) is 4.61. The lowest BCUT2D eigenvalue weighted by atomic mass is 9.95. The maximum atomic E-state index is 5.65. The molecule has 0 amide bonds. The van der Waals surface area contributed by atoms with Crippen LogP contribution in [0, 0.1) is 13.8 Å². The Bertz CT molecular complexity index is 534. The summed E-state index contributed by atoms with van der Waals surface area (Å²) in [4.78, 5) is 0. The van der Waals surface area contributed by atoms with E-state index in [1.807, 2.05) is 0 Å². The van der Waals surface area contributed by atoms with Crippen LogP contribution in [0.15, 0.2) is 29.0 Å². The van der Waals surface area contributed by atoms with Gasteiger partial charge in [-0.3, -0.25) is 0 Å². The average molecular weight is 275 g/mol. The molecule has 1 atom stereocenters. The maximum Gasteiger partial charge on any atom is 0.127 e. The Labute approximate surface area is 119 Å². The predicted molar refractivity (Wildman–Crippen MR) is 82.3 cm³/mol. The summed E-state index contributed by atoms with van der Waals surface area (Å²) < 4.78 is 5.65. The van der Waals surface area contributed by atoms with Crippen molar-refractivity contribution >= 4 is 11.3 Å². The van der Waals surface area contributed by atoms with E-state index in [0.29, 0.717) is 0 Å². The summed E-state index contributed by atoms with van der Waals surface area (Å²) in [7, 11) is 1.75. The summed E-state index contributed by atoms with van der Waals surface area (Å²) in [5.41, 5.74) is 5.00. The van der Waals surface area contributed by atoms with Crippen molar-refractivity contribution in [2.24, 2.45) is 0 Å². The number of benzene rings is 1. The van der Waals surface area contributed by atoms with Crippen molar-refractivity contribution in [1.29, 1.82) is 0 Å². The molecule has 1 heterocycles. The fraction of sp³-hybridized carbons (Fsp3) is 0.375. The van der Waals surface area contributed by atoms with E-state index in [0.717, 1.165) is 12.3 Å². The third-order valence-electron chi connectivity index (χ3n) is 3.51. The Balaban J connectivity index is 2.51. The van der Waals surface area contributed by atoms with Crippen LogP contribution in [-0.4, -0.2) is 13.7 Å². The zero-order valence-electron chi connectivity index (χ0n) is 12.0. The molecule has 0 fully saturated rings. The predicted octanol–water partition coefficient (Wildman–Crippen LogP) is 4.07. The van der Waals surface area contributed by atoms with Crippen molar-refractivity contribution in [1.82, 2.24) is 5.32 Å². The van der Waals surface area contributed by atoms with Crippen LogP contribution in [0.25, 0.3) is 0 Å². The second kappa shape index (κ2) is 6.22. The maximum absolute atomic E-state index is 5.65. The van der Waals surface area contributed by atoms with Crippen LogP contribution in [0.2, 0.25) is 0 Å². The van der Waals surface area contributed by atoms with Crippen LogP contribution in [0.4, 0.5) is 0 Å². The minimum atomic E-state index is 0.200. The van der Waals surface area contributed by atoms with Crippen molar-refractivity contribution < 1.29 is 4.74 Å². The van der Waals surface area contributed by atoms with Gasteiger partial charge in [0.1, 0.15) is 5.75 Å². The highest BCUT2D eigenvalue weighted by Gasteiger charge is 2.19. The van der Waals surface area contributed by atoms with Gasteiger partial charge in [0.15, 0.2) is 0 Å². The highest BCUT2D eigenvalue weighted by Crippen LogP contribution is 2.34. The Morgan fingerprint density at radius 1 is 1.26 bits per heavy atom. The first-order valence-electron chi connectivity index (χ1n) is 6.58. The number of hydrogen-bond donors (Lipinski definition) is 1. The van der Waals surface area contributed by atoms with Gasteiger partial charge < -0.3 is 10.1 Å². The van der Waals surface area contributed by atoms with Crippen LogP contribution in [0.1, 0.15) is 35.2 Å². The van der Waals surface area contributed by atoms with E-state index in [4.69, 9.17) is 4.74 Å². The fourth-order valence-corrected chi connectivity index (χ4v) is 3.05. The summed E-state index contributed by atoms with van der Waals surface area (Å²) in [6, 6.07) is 6.72. The molecular weight excluding hydrogens is 254 g/mol. The largest absolute Gasteiger partial charge is 0.496 e. The zero-order chi connectivity index (χ0) is 13.8. The molecule has 1 unspecified atom stereocenters. The molecule has 0 saturated heterocycles. The number of ether oxygens (including phenoxy) is 1. The fourth-order valence-electron chi connectivity index (χ4n) is 2.36. The minimum absolute atomic E-state index is 0.200. The molecule has 3 heteroatoms. The Morgan fingerprint density at radius 3 is 2.63 bits per heavy atom. The van der Waals surface area contributed by atoms with Gasteiger partial charge in [-0.25, -0.2) is 0 Å². The van der Waals surface area contributed by atoms with Gasteiger partial charge in [-0.15, -0.1) is 0 Å². The van der Waals surface area contributed by atoms with Crippen molar-refractivity contribution in [2.75, 3.05) is 13.7 Å². The van der Waals surface area contributed by atoms with Crippen LogP contribution >= 0.6 is 11.3 Å². The second-order valence-corrected chi connectivity index (χ2v) is 5.46. The SMILES string of the molecule is CCNC(c1ccsc1)c1ccc(C)c(C)c1OC. The molecule has 102 valence electrons. The lowest BCUT2D eigenvalue weighted by molar-refractivity contribution is 0.401. The van der Waals surface area contributed by atoms with Crippen molar-refractivity contribution in [3.05, 3.63) is 51.2 Å². The molecule has 0 bridgehead atoms. The average Bonchev–Trinajstić information content (AvgIpc) is 2.93. The molecule has 0 radical (unpaired) electrons. The van der Waals surface area contributed by atoms with E-state index in [2.05, 4.69) is 55.0 Å². The second-order valence-electron chi connectivity index (χ2n) is 4.68. The quantitative estimate of drug-likeness (QED) is 0.888. The molecule has 19 heavy (non-hydrogen) atoms. The molecule has 0 aliphatic rings. The normalized spacial score (nSPS) is 12.4. The van der Waals surface area contributed by atoms with Crippen molar-refractivity contribution in [2.45, 2.75) is 26.8 Å². The highest BCUT2D eigenvalue weighted by atomic mass is 32.1. The van der Waals surface area contributed by atoms with Gasteiger partial charge >= 0.3 is 0 Å². The molecule has 1 aromatic heterocycles. The molecule has 0 aliphatic heterocycles. The van der Waals surface area contributed by atoms with Gasteiger partial charge in [0.05, 0.1) is 13.2 Å². The van der Waals surface area contributed by atoms with Gasteiger partial charge in [0.2, 0.25) is 0 Å². The number of nitrogens with one attached hydrogen (secondary N) is 1. The standard InChI is InChI=1S/C16H21NOS/c1-5-17-15(13-8-9-19-10-13)14-7-6-11(2)12(3)16(14)18-4/h6-10,15,17H,5H2,1-4H3. The monoisotopic (exact) mass is 275 g/mol. The minimum Gasteiger partial charge on any atom is -0.496 e. The van der Waals surface area contributed by atoms with E-state index in [9.17, 15) is 0 Å². The third-order valence-corrected chi connectivity index (χ3v) is 4.21. The summed E-state index contributed by atoms with van der Waals surface area (Å²) >= 11 is 1.73. The first kappa shape index (κ1) is 14.1. The third kappa shape index (κ3) is 2.82. The molecule has 2 rings (SSSR count). The molecule has 0 saturated carbocycles. The molecule has 2 aromatic rings. The van der Waals surface area contributed by atoms with Crippen LogP contribution in [0.5, 0.6) is 5.75 Å². The first-order chi connectivity index (χ1) is 9.19. The zero-order valence-corrected chi connectivity index (χ0v) is 12.8. The molecule has 0 spiro atoms. The van der Waals surface area contributed by atoms with E-state index < -0.39 is 0 Å². The van der Waals surface area contributed by atoms with E-state index in [1.54, 1.807) is 18.4 Å². The molecule has 0 aliphatic carbocycles. The van der Waals surface area contributed by atoms with Crippen LogP contribution in [-0.2, 0) is 0 Å². The molecule has 1 N–H and O–H groups in total. The highest BCUT2D eigenvalue weighted by molar-refractivity contribution is 7.08. The lowest BCUT2D eigenvalue weighted by Crippen LogP contribution is -2.22. The molecular formula is C16H21NOS. The first-order valence-corrected chi connectivity index (χ1v) is 7.52. The number of rotatable bonds is 5. The summed E-state index contributed by atoms with van der Waals surface area (Å²) in [5.74, 6) is 0.997. The Morgan fingerprint density at radius 2 is 2.05 bits per heavy atom. The number of methoxy groups -OCH3 is 1. The number of hydrogen-bond acceptors (Lipinski definition) is 3. The lowest BCUT2D eigenvalue weighted by Gasteiger charge is -2.22. The molecule has 2 nitrogen and oxygen atoms in total. The van der Waals surface area contributed by atoms with Crippen LogP contribution < -0.4 is 10.1 Å². The van der Waals surface area contributed by atoms with Gasteiger partial charge in [-0.2, -0.15) is 11.3 Å². The smallest absolute Gasteiger partial charge is 0.127 e. The van der Waals surface area contributed by atoms with Crippen molar-refractivity contribution in [3.63, 3.8) is 0 Å². The van der Waals surface area contributed by atoms with Crippen LogP contribution in [0.3, 0.4) is 0 Å². The van der Waals surface area contributed by atoms with Gasteiger partial charge in [-0.1, -0.05) is 19.1 Å².